The molecule has 0 saturated carbocycles. The topological polar surface area (TPSA) is 90.8 Å². The molecule has 1 N–H and O–H groups in total. The highest BCUT2D eigenvalue weighted by Gasteiger charge is 2.28. The fourth-order valence-electron chi connectivity index (χ4n) is 4.61. The van der Waals surface area contributed by atoms with Gasteiger partial charge in [-0.1, -0.05) is 24.6 Å². The molecule has 3 heterocycles. The smallest absolute Gasteiger partial charge is 0.344 e. The number of piperidine rings is 1. The second kappa shape index (κ2) is 10.1. The molecule has 1 amide bonds. The fraction of sp³-hybridized carbons (Fsp3) is 0.565. The van der Waals surface area contributed by atoms with E-state index in [0.717, 1.165) is 49.1 Å². The number of benzene rings is 1. The minimum Gasteiger partial charge on any atom is -0.370 e. The van der Waals surface area contributed by atoms with Crippen molar-refractivity contribution in [2.75, 3.05) is 48.6 Å². The maximum atomic E-state index is 12.9. The molecule has 0 spiro atoms. The summed E-state index contributed by atoms with van der Waals surface area (Å²) in [5, 5.41) is 4.85. The predicted octanol–water partition coefficient (Wildman–Crippen LogP) is 3.32. The molecule has 2 aliphatic heterocycles. The van der Waals surface area contributed by atoms with Crippen molar-refractivity contribution in [2.24, 2.45) is 5.92 Å². The Morgan fingerprint density at radius 3 is 2.56 bits per heavy atom. The fourth-order valence-corrected chi connectivity index (χ4v) is 5.33. The van der Waals surface area contributed by atoms with Crippen LogP contribution in [-0.2, 0) is 16.6 Å². The number of aromatic nitrogens is 2. The predicted molar refractivity (Wildman–Crippen MR) is 135 cm³/mol. The van der Waals surface area contributed by atoms with Gasteiger partial charge in [0.2, 0.25) is 10.0 Å². The van der Waals surface area contributed by atoms with Crippen molar-refractivity contribution in [3.05, 3.63) is 41.0 Å². The summed E-state index contributed by atoms with van der Waals surface area (Å²) in [5.41, 5.74) is 2.33. The number of piperazine rings is 1. The number of hydrogen-bond acceptors (Lipinski definition) is 6. The number of rotatable bonds is 5. The molecular weight excluding hydrogens is 476 g/mol. The maximum absolute atomic E-state index is 12.9. The Morgan fingerprint density at radius 1 is 1.15 bits per heavy atom. The Morgan fingerprint density at radius 2 is 1.88 bits per heavy atom. The van der Waals surface area contributed by atoms with E-state index in [1.165, 1.54) is 35.4 Å². The van der Waals surface area contributed by atoms with Gasteiger partial charge in [0.05, 0.1) is 17.0 Å². The number of hydrogen-bond donors (Lipinski definition) is 1. The van der Waals surface area contributed by atoms with E-state index in [4.69, 9.17) is 11.6 Å². The highest BCUT2D eigenvalue weighted by Crippen LogP contribution is 2.31. The third-order valence-corrected chi connectivity index (χ3v) is 7.53. The first-order valence-corrected chi connectivity index (χ1v) is 14.0. The van der Waals surface area contributed by atoms with Crippen molar-refractivity contribution >= 4 is 39.2 Å². The van der Waals surface area contributed by atoms with Crippen LogP contribution in [0.25, 0.3) is 0 Å². The van der Waals surface area contributed by atoms with Crippen LogP contribution >= 0.6 is 11.6 Å². The van der Waals surface area contributed by atoms with Gasteiger partial charge in [0.25, 0.3) is 0 Å². The van der Waals surface area contributed by atoms with E-state index in [9.17, 15) is 13.2 Å². The Balaban J connectivity index is 1.37. The molecule has 0 unspecified atom stereocenters. The maximum Gasteiger partial charge on any atom is 0.344 e. The lowest BCUT2D eigenvalue weighted by Gasteiger charge is -2.39. The van der Waals surface area contributed by atoms with Crippen molar-refractivity contribution < 1.29 is 13.2 Å². The van der Waals surface area contributed by atoms with Gasteiger partial charge in [0, 0.05) is 57.6 Å². The molecule has 0 radical (unpaired) electrons. The van der Waals surface area contributed by atoms with Gasteiger partial charge in [-0.3, -0.25) is 9.62 Å². The van der Waals surface area contributed by atoms with Gasteiger partial charge in [-0.25, -0.2) is 13.2 Å². The molecule has 11 heteroatoms. The van der Waals surface area contributed by atoms with Crippen LogP contribution in [0, 0.1) is 5.92 Å². The van der Waals surface area contributed by atoms with E-state index in [1.54, 1.807) is 4.90 Å². The normalized spacial score (nSPS) is 20.5. The van der Waals surface area contributed by atoms with E-state index in [-0.39, 0.29) is 17.9 Å². The summed E-state index contributed by atoms with van der Waals surface area (Å²) < 4.78 is 26.2. The average molecular weight is 509 g/mol. The lowest BCUT2D eigenvalue weighted by molar-refractivity contribution is 0.0921. The van der Waals surface area contributed by atoms with Crippen molar-refractivity contribution in [3.8, 4) is 0 Å². The van der Waals surface area contributed by atoms with Crippen LogP contribution in [0.1, 0.15) is 32.3 Å². The number of nitrogens with one attached hydrogen (secondary N) is 1. The van der Waals surface area contributed by atoms with Crippen LogP contribution in [0.3, 0.4) is 0 Å². The highest BCUT2D eigenvalue weighted by atomic mass is 35.5. The lowest BCUT2D eigenvalue weighted by Crippen LogP contribution is -2.54. The summed E-state index contributed by atoms with van der Waals surface area (Å²) >= 11 is 6.54. The number of nitrogens with zero attached hydrogens (tertiary/aromatic N) is 5. The third-order valence-electron chi connectivity index (χ3n) is 6.63. The Labute approximate surface area is 206 Å². The highest BCUT2D eigenvalue weighted by molar-refractivity contribution is 7.92. The molecule has 2 fully saturated rings. The molecule has 0 bridgehead atoms. The van der Waals surface area contributed by atoms with Crippen molar-refractivity contribution in [2.45, 2.75) is 39.3 Å². The number of anilines is 2. The molecule has 2 saturated heterocycles. The summed E-state index contributed by atoms with van der Waals surface area (Å²) in [6, 6.07) is 7.66. The minimum atomic E-state index is -3.44. The average Bonchev–Trinajstić information content (AvgIpc) is 3.23. The van der Waals surface area contributed by atoms with E-state index < -0.39 is 10.0 Å². The van der Waals surface area contributed by atoms with Crippen LogP contribution in [0.5, 0.6) is 0 Å². The minimum absolute atomic E-state index is 0.129. The number of carbonyl (C=O) groups is 1. The van der Waals surface area contributed by atoms with Crippen LogP contribution < -0.4 is 9.62 Å². The zero-order valence-electron chi connectivity index (χ0n) is 19.9. The van der Waals surface area contributed by atoms with Gasteiger partial charge in [-0.15, -0.1) is 5.10 Å². The monoisotopic (exact) mass is 508 g/mol. The Hall–Kier alpha value is -2.30. The molecule has 2 aliphatic rings. The largest absolute Gasteiger partial charge is 0.370 e. The van der Waals surface area contributed by atoms with Crippen LogP contribution in [0.2, 0.25) is 5.02 Å². The first-order chi connectivity index (χ1) is 16.1. The van der Waals surface area contributed by atoms with E-state index in [2.05, 4.69) is 45.6 Å². The molecule has 34 heavy (non-hydrogen) atoms. The molecule has 1 aromatic heterocycles. The molecule has 2 aromatic rings. The van der Waals surface area contributed by atoms with Gasteiger partial charge in [-0.2, -0.15) is 4.68 Å². The summed E-state index contributed by atoms with van der Waals surface area (Å²) in [4.78, 5) is 19.4. The molecule has 4 rings (SSSR count). The molecule has 1 aromatic carbocycles. The van der Waals surface area contributed by atoms with Gasteiger partial charge < -0.3 is 9.80 Å². The molecule has 1 atom stereocenters. The first kappa shape index (κ1) is 24.8. The van der Waals surface area contributed by atoms with Gasteiger partial charge in [-0.05, 0) is 43.4 Å². The van der Waals surface area contributed by atoms with Crippen molar-refractivity contribution in [1.29, 1.82) is 0 Å². The van der Waals surface area contributed by atoms with Crippen LogP contribution in [0.4, 0.5) is 16.3 Å². The lowest BCUT2D eigenvalue weighted by atomic mass is 9.98. The summed E-state index contributed by atoms with van der Waals surface area (Å²) in [6.07, 6.45) is 4.90. The zero-order valence-corrected chi connectivity index (χ0v) is 21.5. The summed E-state index contributed by atoms with van der Waals surface area (Å²) in [6.45, 7) is 9.16. The third kappa shape index (κ3) is 6.03. The van der Waals surface area contributed by atoms with Crippen LogP contribution in [-0.4, -0.2) is 79.1 Å². The summed E-state index contributed by atoms with van der Waals surface area (Å²) in [7, 11) is -3.44. The number of carbonyl (C=O) groups excluding carboxylic acids is 1. The SMILES string of the molecule is CC1CCN(c2cc(CN3CCN(C(=O)n4ccc(NS(C)(=O)=O)n4)C[C@H]3C)ccc2Cl)CC1. The molecule has 9 nitrogen and oxygen atoms in total. The van der Waals surface area contributed by atoms with Crippen LogP contribution in [0.15, 0.2) is 30.5 Å². The van der Waals surface area contributed by atoms with E-state index >= 15 is 0 Å². The molecular formula is C23H33ClN6O3S. The Bertz CT molecular complexity index is 1130. The van der Waals surface area contributed by atoms with Gasteiger partial charge in [0.15, 0.2) is 5.82 Å². The number of amides is 1. The quantitative estimate of drug-likeness (QED) is 0.666. The second-order valence-electron chi connectivity index (χ2n) is 9.52. The standard InChI is InChI=1S/C23H33ClN6O3S/c1-17-6-9-27(10-7-17)21-14-19(4-5-20(21)24)16-28-12-13-29(15-18(28)2)23(31)30-11-8-22(25-30)26-34(3,32)33/h4-5,8,11,14,17-18H,6-7,9-10,12-13,15-16H2,1-3H3,(H,25,26)/t18-/m1/s1. The van der Waals surface area contributed by atoms with Gasteiger partial charge in [0.1, 0.15) is 0 Å². The van der Waals surface area contributed by atoms with Gasteiger partial charge >= 0.3 is 6.03 Å². The van der Waals surface area contributed by atoms with Crippen molar-refractivity contribution in [1.82, 2.24) is 19.6 Å². The Kier molecular flexibility index (Phi) is 7.39. The van der Waals surface area contributed by atoms with Crippen molar-refractivity contribution in [3.63, 3.8) is 0 Å². The molecule has 186 valence electrons. The van der Waals surface area contributed by atoms with E-state index in [1.807, 2.05) is 6.07 Å². The number of sulfonamides is 1. The van der Waals surface area contributed by atoms with E-state index in [0.29, 0.717) is 13.1 Å². The first-order valence-electron chi connectivity index (χ1n) is 11.7. The number of halogens is 1. The summed E-state index contributed by atoms with van der Waals surface area (Å²) in [5.74, 6) is 0.895. The molecule has 0 aliphatic carbocycles. The zero-order chi connectivity index (χ0) is 24.5. The second-order valence-corrected chi connectivity index (χ2v) is 11.7.